The molecular formula is C23H69N. The summed E-state index contributed by atoms with van der Waals surface area (Å²) in [6.07, 6.45) is 1.25. The molecule has 0 aliphatic rings. The highest BCUT2D eigenvalue weighted by Crippen LogP contribution is 1.56. The van der Waals surface area contributed by atoms with Crippen molar-refractivity contribution in [3.8, 4) is 0 Å². The molecule has 0 radical (unpaired) electrons. The molecule has 0 fully saturated rings. The van der Waals surface area contributed by atoms with Crippen molar-refractivity contribution in [3.63, 3.8) is 0 Å². The Hall–Kier alpha value is -0.0400. The number of rotatable bonds is 0. The van der Waals surface area contributed by atoms with Crippen molar-refractivity contribution >= 4 is 0 Å². The minimum absolute atomic E-state index is 0.750. The van der Waals surface area contributed by atoms with Crippen LogP contribution in [0.5, 0.6) is 0 Å². The Morgan fingerprint density at radius 3 is 0.333 bits per heavy atom. The van der Waals surface area contributed by atoms with E-state index in [1.165, 1.54) is 6.42 Å². The molecule has 0 aromatic rings. The van der Waals surface area contributed by atoms with Gasteiger partial charge in [-0.2, -0.15) is 0 Å². The van der Waals surface area contributed by atoms with Crippen molar-refractivity contribution in [2.24, 2.45) is 5.73 Å². The van der Waals surface area contributed by atoms with Crippen LogP contribution >= 0.6 is 0 Å². The van der Waals surface area contributed by atoms with E-state index in [0.717, 1.165) is 6.54 Å². The summed E-state index contributed by atoms with van der Waals surface area (Å²) in [5, 5.41) is 0. The van der Waals surface area contributed by atoms with Gasteiger partial charge in [0.25, 0.3) is 0 Å². The summed E-state index contributed by atoms with van der Waals surface area (Å²) in [5.41, 5.74) is 4.85. The molecule has 0 aliphatic carbocycles. The van der Waals surface area contributed by atoms with Gasteiger partial charge >= 0.3 is 0 Å². The van der Waals surface area contributed by atoms with Gasteiger partial charge in [-0.25, -0.2) is 0 Å². The molecule has 2 N–H and O–H groups in total. The van der Waals surface area contributed by atoms with E-state index < -0.39 is 0 Å². The second kappa shape index (κ2) is 2880. The summed E-state index contributed by atoms with van der Waals surface area (Å²) in [6.45, 7) is 42.9. The van der Waals surface area contributed by atoms with Crippen LogP contribution in [0.3, 0.4) is 0 Å². The summed E-state index contributed by atoms with van der Waals surface area (Å²) >= 11 is 0. The van der Waals surface area contributed by atoms with Crippen LogP contribution in [0.25, 0.3) is 0 Å². The molecule has 0 aromatic heterocycles. The number of hydrogen-bond acceptors (Lipinski definition) is 1. The Balaban J connectivity index is -0.00000000866. The van der Waals surface area contributed by atoms with Crippen molar-refractivity contribution in [3.05, 3.63) is 0 Å². The van der Waals surface area contributed by atoms with Crippen molar-refractivity contribution in [1.29, 1.82) is 0 Å². The molecule has 0 atom stereocenters. The summed E-state index contributed by atoms with van der Waals surface area (Å²) in [6, 6.07) is 0. The molecule has 0 saturated heterocycles. The molecule has 0 spiro atoms. The first-order chi connectivity index (χ1) is 11.8. The maximum atomic E-state index is 4.85. The zero-order valence-corrected chi connectivity index (χ0v) is 23.0. The quantitative estimate of drug-likeness (QED) is 0.457. The van der Waals surface area contributed by atoms with Crippen LogP contribution < -0.4 is 5.73 Å². The molecular weight excluding hydrogens is 290 g/mol. The highest BCUT2D eigenvalue weighted by Gasteiger charge is 1.35. The number of hydrogen-bond donors (Lipinski definition) is 1. The number of nitrogens with two attached hydrogens (primary N) is 1. The minimum Gasteiger partial charge on any atom is -0.331 e. The van der Waals surface area contributed by atoms with Crippen molar-refractivity contribution in [2.75, 3.05) is 6.54 Å². The van der Waals surface area contributed by atoms with E-state index >= 15 is 0 Å². The van der Waals surface area contributed by atoms with Gasteiger partial charge in [-0.05, 0) is 6.54 Å². The van der Waals surface area contributed by atoms with E-state index in [9.17, 15) is 0 Å². The maximum absolute atomic E-state index is 4.85. The second-order valence-electron chi connectivity index (χ2n) is 1.12. The highest BCUT2D eigenvalue weighted by atomic mass is 14.5. The lowest BCUT2D eigenvalue weighted by Crippen LogP contribution is -1.87. The van der Waals surface area contributed by atoms with Gasteiger partial charge in [0, 0.05) is 0 Å². The summed E-state index contributed by atoms with van der Waals surface area (Å²) in [7, 11) is 0. The van der Waals surface area contributed by atoms with Crippen LogP contribution in [-0.2, 0) is 0 Å². The van der Waals surface area contributed by atoms with Gasteiger partial charge in [-0.1, -0.05) is 152 Å². The average molecular weight is 360 g/mol. The normalized spacial score (nSPS) is 3.75. The van der Waals surface area contributed by atoms with E-state index in [2.05, 4.69) is 13.8 Å². The predicted molar refractivity (Wildman–Crippen MR) is 133 cm³/mol. The molecule has 0 amide bonds. The van der Waals surface area contributed by atoms with E-state index in [1.807, 2.05) is 132 Å². The first kappa shape index (κ1) is 75.2. The molecule has 0 bridgehead atoms. The lowest BCUT2D eigenvalue weighted by Gasteiger charge is -1.53. The van der Waals surface area contributed by atoms with Crippen LogP contribution in [0.4, 0.5) is 0 Å². The third-order valence-corrected chi connectivity index (χ3v) is 0. The van der Waals surface area contributed by atoms with E-state index in [1.54, 1.807) is 0 Å². The summed E-state index contributed by atoms with van der Waals surface area (Å²) in [5.74, 6) is 0. The largest absolute Gasteiger partial charge is 0.331 e. The molecule has 0 aromatic carbocycles. The standard InChI is InChI=1S/C3H8.C2H7N.9C2H6/c1-3-2;1-2-3;9*1-2/h3H2,1-2H3;2-3H2,1H3;9*1-2H3. The Labute approximate surface area is 164 Å². The van der Waals surface area contributed by atoms with Gasteiger partial charge in [0.2, 0.25) is 0 Å². The monoisotopic (exact) mass is 360 g/mol. The topological polar surface area (TPSA) is 26.0 Å². The van der Waals surface area contributed by atoms with Gasteiger partial charge in [0.15, 0.2) is 0 Å². The van der Waals surface area contributed by atoms with Gasteiger partial charge in [0.05, 0.1) is 0 Å². The molecule has 0 aliphatic heterocycles. The van der Waals surface area contributed by atoms with Crippen LogP contribution in [0.1, 0.15) is 152 Å². The third kappa shape index (κ3) is 6030000. The fourth-order valence-corrected chi connectivity index (χ4v) is 0. The smallest absolute Gasteiger partial charge is 0.0106 e. The van der Waals surface area contributed by atoms with Gasteiger partial charge in [-0.15, -0.1) is 0 Å². The van der Waals surface area contributed by atoms with Gasteiger partial charge in [-0.3, -0.25) is 0 Å². The van der Waals surface area contributed by atoms with E-state index in [0.29, 0.717) is 0 Å². The lowest BCUT2D eigenvalue weighted by atomic mass is 10.6. The minimum atomic E-state index is 0.750. The Kier molecular flexibility index (Phi) is 9030. The SMILES string of the molecule is CC.CC.CC.CC.CC.CC.CC.CC.CC.CCC.CCN. The molecule has 0 unspecified atom stereocenters. The van der Waals surface area contributed by atoms with Crippen LogP contribution in [0.15, 0.2) is 0 Å². The zero-order chi connectivity index (χ0) is 23.4. The molecule has 0 heterocycles. The van der Waals surface area contributed by atoms with Crippen LogP contribution in [-0.4, -0.2) is 6.54 Å². The fourth-order valence-electron chi connectivity index (χ4n) is 0. The van der Waals surface area contributed by atoms with Gasteiger partial charge < -0.3 is 5.73 Å². The Morgan fingerprint density at radius 1 is 0.333 bits per heavy atom. The first-order valence-corrected chi connectivity index (χ1v) is 11.5. The van der Waals surface area contributed by atoms with Crippen LogP contribution in [0.2, 0.25) is 0 Å². The van der Waals surface area contributed by atoms with Crippen molar-refractivity contribution < 1.29 is 0 Å². The highest BCUT2D eigenvalue weighted by molar-refractivity contribution is 4.00. The maximum Gasteiger partial charge on any atom is -0.0106 e. The second-order valence-corrected chi connectivity index (χ2v) is 1.12. The molecule has 1 nitrogen and oxygen atoms in total. The van der Waals surface area contributed by atoms with E-state index in [-0.39, 0.29) is 0 Å². The van der Waals surface area contributed by atoms with Crippen LogP contribution in [0, 0.1) is 0 Å². The van der Waals surface area contributed by atoms with Crippen molar-refractivity contribution in [1.82, 2.24) is 0 Å². The molecule has 1 heteroatoms. The Morgan fingerprint density at radius 2 is 0.333 bits per heavy atom. The molecule has 0 saturated carbocycles. The van der Waals surface area contributed by atoms with E-state index in [4.69, 9.17) is 5.73 Å². The zero-order valence-electron chi connectivity index (χ0n) is 23.0. The average Bonchev–Trinajstić information content (AvgIpc) is 2.76. The first-order valence-electron chi connectivity index (χ1n) is 11.5. The third-order valence-electron chi connectivity index (χ3n) is 0. The van der Waals surface area contributed by atoms with Crippen molar-refractivity contribution in [2.45, 2.75) is 152 Å². The predicted octanol–water partition coefficient (Wildman–Crippen LogP) is 10.6. The fraction of sp³-hybridized carbons (Fsp3) is 1.00. The Bertz CT molecular complexity index is 8.00. The van der Waals surface area contributed by atoms with Gasteiger partial charge in [0.1, 0.15) is 0 Å². The molecule has 166 valence electrons. The molecule has 0 rings (SSSR count). The summed E-state index contributed by atoms with van der Waals surface area (Å²) in [4.78, 5) is 0. The molecule has 24 heavy (non-hydrogen) atoms. The lowest BCUT2D eigenvalue weighted by molar-refractivity contribution is 1.09. The summed E-state index contributed by atoms with van der Waals surface area (Å²) < 4.78 is 0.